The van der Waals surface area contributed by atoms with Gasteiger partial charge < -0.3 is 4.90 Å². The van der Waals surface area contributed by atoms with Crippen molar-refractivity contribution in [3.05, 3.63) is 35.9 Å². The van der Waals surface area contributed by atoms with Crippen LogP contribution in [0.3, 0.4) is 0 Å². The van der Waals surface area contributed by atoms with Crippen LogP contribution in [0.25, 0.3) is 0 Å². The lowest BCUT2D eigenvalue weighted by atomic mass is 9.93. The molecule has 1 aromatic rings. The van der Waals surface area contributed by atoms with Gasteiger partial charge >= 0.3 is 0 Å². The highest BCUT2D eigenvalue weighted by Gasteiger charge is 2.30. The number of hydrogen-bond acceptors (Lipinski definition) is 3. The smallest absolute Gasteiger partial charge is 0.157 e. The zero-order valence-electron chi connectivity index (χ0n) is 12.2. The minimum atomic E-state index is -0.0742. The number of piperazine rings is 1. The number of carbonyl (C=O) groups is 1. The first-order chi connectivity index (χ1) is 9.09. The monoisotopic (exact) mass is 260 g/mol. The van der Waals surface area contributed by atoms with E-state index in [2.05, 4.69) is 29.0 Å². The topological polar surface area (TPSA) is 23.6 Å². The molecule has 1 aliphatic heterocycles. The van der Waals surface area contributed by atoms with Gasteiger partial charge in [0.25, 0.3) is 0 Å². The van der Waals surface area contributed by atoms with Crippen molar-refractivity contribution in [2.45, 2.75) is 19.9 Å². The van der Waals surface area contributed by atoms with Crippen molar-refractivity contribution >= 4 is 5.78 Å². The van der Waals surface area contributed by atoms with E-state index in [1.165, 1.54) is 0 Å². The molecule has 1 saturated heterocycles. The van der Waals surface area contributed by atoms with E-state index in [-0.39, 0.29) is 12.0 Å². The average Bonchev–Trinajstić information content (AvgIpc) is 2.42. The Morgan fingerprint density at radius 2 is 1.63 bits per heavy atom. The van der Waals surface area contributed by atoms with Gasteiger partial charge in [-0.15, -0.1) is 0 Å². The molecule has 0 N–H and O–H groups in total. The Balaban J connectivity index is 2.22. The summed E-state index contributed by atoms with van der Waals surface area (Å²) in [7, 11) is 2.14. The van der Waals surface area contributed by atoms with Crippen LogP contribution in [0.1, 0.15) is 25.5 Å². The molecule has 0 aromatic heterocycles. The van der Waals surface area contributed by atoms with E-state index in [9.17, 15) is 4.79 Å². The Kier molecular flexibility index (Phi) is 4.72. The number of benzene rings is 1. The van der Waals surface area contributed by atoms with Crippen LogP contribution in [0.2, 0.25) is 0 Å². The van der Waals surface area contributed by atoms with Gasteiger partial charge in [0.1, 0.15) is 0 Å². The second-order valence-electron chi connectivity index (χ2n) is 5.71. The van der Waals surface area contributed by atoms with Crippen molar-refractivity contribution in [2.75, 3.05) is 33.2 Å². The van der Waals surface area contributed by atoms with Crippen molar-refractivity contribution in [1.29, 1.82) is 0 Å². The summed E-state index contributed by atoms with van der Waals surface area (Å²) in [6.45, 7) is 8.00. The molecule has 3 heteroatoms. The van der Waals surface area contributed by atoms with Gasteiger partial charge in [0.2, 0.25) is 0 Å². The Bertz CT molecular complexity index is 408. The van der Waals surface area contributed by atoms with Gasteiger partial charge in [-0.3, -0.25) is 9.69 Å². The molecule has 0 saturated carbocycles. The molecule has 0 amide bonds. The lowest BCUT2D eigenvalue weighted by molar-refractivity contribution is -0.128. The highest BCUT2D eigenvalue weighted by Crippen LogP contribution is 2.25. The Labute approximate surface area is 116 Å². The Hall–Kier alpha value is -1.19. The number of ketones is 1. The minimum Gasteiger partial charge on any atom is -0.304 e. The number of carbonyl (C=O) groups excluding carboxylic acids is 1. The summed E-state index contributed by atoms with van der Waals surface area (Å²) in [6.07, 6.45) is 0. The first-order valence-electron chi connectivity index (χ1n) is 7.11. The van der Waals surface area contributed by atoms with Gasteiger partial charge in [-0.05, 0) is 12.6 Å². The van der Waals surface area contributed by atoms with Gasteiger partial charge in [-0.25, -0.2) is 0 Å². The van der Waals surface area contributed by atoms with Crippen LogP contribution in [-0.2, 0) is 4.79 Å². The molecule has 1 heterocycles. The normalized spacial score (nSPS) is 19.6. The fourth-order valence-electron chi connectivity index (χ4n) is 2.59. The maximum Gasteiger partial charge on any atom is 0.157 e. The fourth-order valence-corrected chi connectivity index (χ4v) is 2.59. The zero-order valence-corrected chi connectivity index (χ0v) is 12.2. The number of hydrogen-bond donors (Lipinski definition) is 0. The predicted molar refractivity (Wildman–Crippen MR) is 78.1 cm³/mol. The van der Waals surface area contributed by atoms with Crippen LogP contribution in [-0.4, -0.2) is 48.8 Å². The van der Waals surface area contributed by atoms with E-state index in [1.807, 2.05) is 32.0 Å². The number of Topliss-reactive ketones (excluding diaryl/α,β-unsaturated/α-hetero) is 1. The van der Waals surface area contributed by atoms with Crippen LogP contribution in [0.4, 0.5) is 0 Å². The third kappa shape index (κ3) is 3.43. The van der Waals surface area contributed by atoms with E-state index in [1.54, 1.807) is 0 Å². The lowest BCUT2D eigenvalue weighted by Crippen LogP contribution is -2.48. The Morgan fingerprint density at radius 1 is 1.05 bits per heavy atom. The van der Waals surface area contributed by atoms with E-state index < -0.39 is 0 Å². The van der Waals surface area contributed by atoms with Crippen LogP contribution in [0.15, 0.2) is 30.3 Å². The van der Waals surface area contributed by atoms with Gasteiger partial charge in [0.05, 0.1) is 6.04 Å². The molecule has 1 atom stereocenters. The lowest BCUT2D eigenvalue weighted by Gasteiger charge is -2.38. The summed E-state index contributed by atoms with van der Waals surface area (Å²) in [5.74, 6) is 0.403. The van der Waals surface area contributed by atoms with Crippen molar-refractivity contribution in [2.24, 2.45) is 5.92 Å². The van der Waals surface area contributed by atoms with Crippen LogP contribution in [0.5, 0.6) is 0 Å². The highest BCUT2D eigenvalue weighted by atomic mass is 16.1. The first kappa shape index (κ1) is 14.2. The maximum atomic E-state index is 12.6. The van der Waals surface area contributed by atoms with Crippen LogP contribution >= 0.6 is 0 Å². The molecule has 1 unspecified atom stereocenters. The van der Waals surface area contributed by atoms with Crippen LogP contribution in [0, 0.1) is 5.92 Å². The van der Waals surface area contributed by atoms with Gasteiger partial charge in [0, 0.05) is 32.1 Å². The summed E-state index contributed by atoms with van der Waals surface area (Å²) in [6, 6.07) is 10.1. The largest absolute Gasteiger partial charge is 0.304 e. The van der Waals surface area contributed by atoms with Crippen molar-refractivity contribution in [3.63, 3.8) is 0 Å². The fraction of sp³-hybridized carbons (Fsp3) is 0.562. The number of likely N-dealkylation sites (N-methyl/N-ethyl adjacent to an activating group) is 1. The molecule has 1 aliphatic rings. The second kappa shape index (κ2) is 6.31. The molecule has 19 heavy (non-hydrogen) atoms. The number of rotatable bonds is 4. The maximum absolute atomic E-state index is 12.6. The van der Waals surface area contributed by atoms with Crippen LogP contribution < -0.4 is 0 Å². The molecule has 0 radical (unpaired) electrons. The summed E-state index contributed by atoms with van der Waals surface area (Å²) in [4.78, 5) is 17.2. The van der Waals surface area contributed by atoms with Gasteiger partial charge in [-0.1, -0.05) is 44.2 Å². The molecule has 0 aliphatic carbocycles. The average molecular weight is 260 g/mol. The molecule has 104 valence electrons. The highest BCUT2D eigenvalue weighted by molar-refractivity contribution is 5.86. The van der Waals surface area contributed by atoms with Crippen molar-refractivity contribution < 1.29 is 4.79 Å². The number of nitrogens with zero attached hydrogens (tertiary/aromatic N) is 2. The summed E-state index contributed by atoms with van der Waals surface area (Å²) in [5, 5.41) is 0. The summed E-state index contributed by atoms with van der Waals surface area (Å²) >= 11 is 0. The molecule has 0 bridgehead atoms. The molecule has 3 nitrogen and oxygen atoms in total. The van der Waals surface area contributed by atoms with Gasteiger partial charge in [0.15, 0.2) is 5.78 Å². The van der Waals surface area contributed by atoms with E-state index >= 15 is 0 Å². The standard InChI is InChI=1S/C16H24N2O/c1-13(2)16(19)15(14-7-5-4-6-8-14)18-11-9-17(3)10-12-18/h4-8,13,15H,9-12H2,1-3H3. The SMILES string of the molecule is CC(C)C(=O)C(c1ccccc1)N1CCN(C)CC1. The van der Waals surface area contributed by atoms with Crippen molar-refractivity contribution in [1.82, 2.24) is 9.80 Å². The van der Waals surface area contributed by atoms with Gasteiger partial charge in [-0.2, -0.15) is 0 Å². The summed E-state index contributed by atoms with van der Waals surface area (Å²) < 4.78 is 0. The van der Waals surface area contributed by atoms with E-state index in [0.717, 1.165) is 31.7 Å². The molecular weight excluding hydrogens is 236 g/mol. The quantitative estimate of drug-likeness (QED) is 0.829. The predicted octanol–water partition coefficient (Wildman–Crippen LogP) is 2.20. The second-order valence-corrected chi connectivity index (χ2v) is 5.71. The third-order valence-corrected chi connectivity index (χ3v) is 3.86. The minimum absolute atomic E-state index is 0.0739. The van der Waals surface area contributed by atoms with E-state index in [0.29, 0.717) is 5.78 Å². The zero-order chi connectivity index (χ0) is 13.8. The first-order valence-corrected chi connectivity index (χ1v) is 7.11. The Morgan fingerprint density at radius 3 is 2.16 bits per heavy atom. The molecule has 2 rings (SSSR count). The molecule has 1 aromatic carbocycles. The summed E-state index contributed by atoms with van der Waals surface area (Å²) in [5.41, 5.74) is 1.13. The third-order valence-electron chi connectivity index (χ3n) is 3.86. The van der Waals surface area contributed by atoms with E-state index in [4.69, 9.17) is 0 Å². The van der Waals surface area contributed by atoms with Crippen molar-refractivity contribution in [3.8, 4) is 0 Å². The molecule has 1 fully saturated rings. The molecule has 0 spiro atoms. The molecular formula is C16H24N2O.